The van der Waals surface area contributed by atoms with Crippen LogP contribution in [0.1, 0.15) is 169 Å². The summed E-state index contributed by atoms with van der Waals surface area (Å²) in [5, 5.41) is 0. The van der Waals surface area contributed by atoms with Crippen LogP contribution < -0.4 is 0 Å². The second kappa shape index (κ2) is 23.1. The number of hydrogen-bond acceptors (Lipinski definition) is 6. The van der Waals surface area contributed by atoms with Gasteiger partial charge in [-0.05, 0) is 74.5 Å². The zero-order valence-corrected chi connectivity index (χ0v) is 27.6. The summed E-state index contributed by atoms with van der Waals surface area (Å²) < 4.78 is 16.6. The standard InChI is InChI=1S/C36H60O6/c1-7-10-16-28(4)19-13-24-40-34(37)31-22-23-32(35(38)41-25-14-20-29(5)17-11-8-2)33(27-31)36(39)42-26-15-21-30(6)18-12-9-3/h22-23,27-30H,7-21,24-26H2,1-6H3. The van der Waals surface area contributed by atoms with Crippen molar-refractivity contribution in [3.8, 4) is 0 Å². The van der Waals surface area contributed by atoms with Crippen molar-refractivity contribution in [3.05, 3.63) is 34.9 Å². The van der Waals surface area contributed by atoms with E-state index in [2.05, 4.69) is 41.5 Å². The van der Waals surface area contributed by atoms with Crippen molar-refractivity contribution in [3.63, 3.8) is 0 Å². The highest BCUT2D eigenvalue weighted by Gasteiger charge is 2.23. The molecule has 0 spiro atoms. The Kier molecular flexibility index (Phi) is 20.7. The quantitative estimate of drug-likeness (QED) is 0.0679. The molecule has 0 aromatic heterocycles. The molecule has 0 fully saturated rings. The van der Waals surface area contributed by atoms with E-state index in [-0.39, 0.29) is 23.3 Å². The topological polar surface area (TPSA) is 78.9 Å². The first-order chi connectivity index (χ1) is 20.2. The minimum absolute atomic E-state index is 0.0537. The number of carbonyl (C=O) groups excluding carboxylic acids is 3. The van der Waals surface area contributed by atoms with Gasteiger partial charge >= 0.3 is 17.9 Å². The van der Waals surface area contributed by atoms with Gasteiger partial charge in [0.25, 0.3) is 0 Å². The fourth-order valence-electron chi connectivity index (χ4n) is 5.14. The highest BCUT2D eigenvalue weighted by molar-refractivity contribution is 6.05. The van der Waals surface area contributed by atoms with Crippen molar-refractivity contribution in [2.45, 2.75) is 138 Å². The molecule has 1 rings (SSSR count). The van der Waals surface area contributed by atoms with Gasteiger partial charge < -0.3 is 14.2 Å². The second-order valence-electron chi connectivity index (χ2n) is 12.3. The molecular weight excluding hydrogens is 528 g/mol. The van der Waals surface area contributed by atoms with Crippen LogP contribution in [0.25, 0.3) is 0 Å². The van der Waals surface area contributed by atoms with Crippen molar-refractivity contribution in [1.29, 1.82) is 0 Å². The SMILES string of the molecule is CCCCC(C)CCCOC(=O)c1ccc(C(=O)OCCCC(C)CCCC)c(C(=O)OCCCC(C)CCCC)c1. The number of benzene rings is 1. The minimum Gasteiger partial charge on any atom is -0.462 e. The Bertz CT molecular complexity index is 895. The van der Waals surface area contributed by atoms with Crippen molar-refractivity contribution >= 4 is 17.9 Å². The molecule has 0 radical (unpaired) electrons. The summed E-state index contributed by atoms with van der Waals surface area (Å²) in [5.41, 5.74) is 0.407. The summed E-state index contributed by atoms with van der Waals surface area (Å²) >= 11 is 0. The number of rotatable bonds is 24. The molecule has 42 heavy (non-hydrogen) atoms. The molecule has 1 aromatic carbocycles. The number of esters is 3. The van der Waals surface area contributed by atoms with Crippen LogP contribution in [0.5, 0.6) is 0 Å². The predicted molar refractivity (Wildman–Crippen MR) is 171 cm³/mol. The number of carbonyl (C=O) groups is 3. The van der Waals surface area contributed by atoms with Crippen LogP contribution in [-0.2, 0) is 14.2 Å². The zero-order chi connectivity index (χ0) is 31.2. The van der Waals surface area contributed by atoms with Crippen molar-refractivity contribution in [2.24, 2.45) is 17.8 Å². The fraction of sp³-hybridized carbons (Fsp3) is 0.750. The summed E-state index contributed by atoms with van der Waals surface area (Å²) in [6.07, 6.45) is 16.0. The molecular formula is C36H60O6. The Balaban J connectivity index is 2.82. The lowest BCUT2D eigenvalue weighted by Crippen LogP contribution is -2.17. The van der Waals surface area contributed by atoms with E-state index in [9.17, 15) is 14.4 Å². The van der Waals surface area contributed by atoms with E-state index < -0.39 is 17.9 Å². The average molecular weight is 589 g/mol. The number of unbranched alkanes of at least 4 members (excludes halogenated alkanes) is 3. The van der Waals surface area contributed by atoms with E-state index in [0.29, 0.717) is 31.0 Å². The first-order valence-corrected chi connectivity index (χ1v) is 16.9. The van der Waals surface area contributed by atoms with E-state index in [4.69, 9.17) is 14.2 Å². The first kappa shape index (κ1) is 37.7. The number of ether oxygens (including phenoxy) is 3. The Morgan fingerprint density at radius 2 is 0.881 bits per heavy atom. The van der Waals surface area contributed by atoms with E-state index >= 15 is 0 Å². The molecule has 3 unspecified atom stereocenters. The van der Waals surface area contributed by atoms with Gasteiger partial charge in [-0.2, -0.15) is 0 Å². The number of hydrogen-bond donors (Lipinski definition) is 0. The largest absolute Gasteiger partial charge is 0.462 e. The van der Waals surface area contributed by atoms with E-state index in [1.54, 1.807) is 0 Å². The van der Waals surface area contributed by atoms with E-state index in [1.807, 2.05) is 0 Å². The van der Waals surface area contributed by atoms with Crippen molar-refractivity contribution in [1.82, 2.24) is 0 Å². The van der Waals surface area contributed by atoms with Gasteiger partial charge in [0.15, 0.2) is 0 Å². The molecule has 0 aliphatic rings. The van der Waals surface area contributed by atoms with Gasteiger partial charge in [-0.3, -0.25) is 0 Å². The molecule has 240 valence electrons. The maximum Gasteiger partial charge on any atom is 0.339 e. The van der Waals surface area contributed by atoms with Gasteiger partial charge in [0, 0.05) is 0 Å². The van der Waals surface area contributed by atoms with Crippen LogP contribution in [0.2, 0.25) is 0 Å². The third-order valence-electron chi connectivity index (χ3n) is 8.07. The molecule has 1 aromatic rings. The Labute approximate surface area is 256 Å². The molecule has 3 atom stereocenters. The van der Waals surface area contributed by atoms with Crippen LogP contribution in [-0.4, -0.2) is 37.7 Å². The summed E-state index contributed by atoms with van der Waals surface area (Å²) in [4.78, 5) is 38.9. The molecule has 0 aliphatic heterocycles. The van der Waals surface area contributed by atoms with Crippen molar-refractivity contribution < 1.29 is 28.6 Å². The van der Waals surface area contributed by atoms with Crippen LogP contribution in [0.3, 0.4) is 0 Å². The van der Waals surface area contributed by atoms with Crippen molar-refractivity contribution in [2.75, 3.05) is 19.8 Å². The lowest BCUT2D eigenvalue weighted by atomic mass is 9.99. The third-order valence-corrected chi connectivity index (χ3v) is 8.07. The minimum atomic E-state index is -0.615. The molecule has 0 aliphatic carbocycles. The van der Waals surface area contributed by atoms with E-state index in [1.165, 1.54) is 76.0 Å². The molecule has 0 saturated heterocycles. The van der Waals surface area contributed by atoms with E-state index in [0.717, 1.165) is 38.5 Å². The lowest BCUT2D eigenvalue weighted by Gasteiger charge is -2.14. The molecule has 0 bridgehead atoms. The van der Waals surface area contributed by atoms with Gasteiger partial charge in [-0.1, -0.05) is 99.3 Å². The first-order valence-electron chi connectivity index (χ1n) is 16.9. The monoisotopic (exact) mass is 588 g/mol. The van der Waals surface area contributed by atoms with Crippen LogP contribution >= 0.6 is 0 Å². The smallest absolute Gasteiger partial charge is 0.339 e. The van der Waals surface area contributed by atoms with Gasteiger partial charge in [-0.25, -0.2) is 14.4 Å². The molecule has 6 heteroatoms. The third kappa shape index (κ3) is 16.3. The Morgan fingerprint density at radius 1 is 0.524 bits per heavy atom. The maximum absolute atomic E-state index is 13.1. The van der Waals surface area contributed by atoms with Crippen LogP contribution in [0.4, 0.5) is 0 Å². The van der Waals surface area contributed by atoms with Crippen LogP contribution in [0, 0.1) is 17.8 Å². The summed E-state index contributed by atoms with van der Waals surface area (Å²) in [5.74, 6) is 0.0731. The molecule has 0 saturated carbocycles. The van der Waals surface area contributed by atoms with Gasteiger partial charge in [-0.15, -0.1) is 0 Å². The summed E-state index contributed by atoms with van der Waals surface area (Å²) in [6, 6.07) is 4.43. The van der Waals surface area contributed by atoms with Gasteiger partial charge in [0.05, 0.1) is 36.5 Å². The van der Waals surface area contributed by atoms with Gasteiger partial charge in [0.1, 0.15) is 0 Å². The molecule has 0 N–H and O–H groups in total. The normalized spacial score (nSPS) is 13.3. The molecule has 6 nitrogen and oxygen atoms in total. The zero-order valence-electron chi connectivity index (χ0n) is 27.6. The average Bonchev–Trinajstić information content (AvgIpc) is 2.99. The fourth-order valence-corrected chi connectivity index (χ4v) is 5.14. The lowest BCUT2D eigenvalue weighted by molar-refractivity contribution is 0.0444. The van der Waals surface area contributed by atoms with Crippen LogP contribution in [0.15, 0.2) is 18.2 Å². The maximum atomic E-state index is 13.1. The molecule has 0 amide bonds. The highest BCUT2D eigenvalue weighted by Crippen LogP contribution is 2.20. The Hall–Kier alpha value is -2.37. The highest BCUT2D eigenvalue weighted by atomic mass is 16.5. The summed E-state index contributed by atoms with van der Waals surface area (Å²) in [6.45, 7) is 14.1. The predicted octanol–water partition coefficient (Wildman–Crippen LogP) is 9.98. The van der Waals surface area contributed by atoms with Gasteiger partial charge in [0.2, 0.25) is 0 Å². The Morgan fingerprint density at radius 3 is 1.29 bits per heavy atom. The molecule has 0 heterocycles. The summed E-state index contributed by atoms with van der Waals surface area (Å²) in [7, 11) is 0. The second-order valence-corrected chi connectivity index (χ2v) is 12.3.